The maximum Gasteiger partial charge on any atom is 0.156 e. The lowest BCUT2D eigenvalue weighted by molar-refractivity contribution is 0.410. The second kappa shape index (κ2) is 4.72. The van der Waals surface area contributed by atoms with Gasteiger partial charge < -0.3 is 4.74 Å². The van der Waals surface area contributed by atoms with Gasteiger partial charge in [0.1, 0.15) is 5.75 Å². The Morgan fingerprint density at radius 3 is 2.84 bits per heavy atom. The molecule has 4 heteroatoms. The molecule has 3 aromatic rings. The summed E-state index contributed by atoms with van der Waals surface area (Å²) in [6.45, 7) is 2.04. The van der Waals surface area contributed by atoms with E-state index in [0.717, 1.165) is 22.8 Å². The van der Waals surface area contributed by atoms with Gasteiger partial charge in [-0.25, -0.2) is 9.50 Å². The zero-order valence-electron chi connectivity index (χ0n) is 11.0. The maximum atomic E-state index is 5.35. The van der Waals surface area contributed by atoms with Crippen LogP contribution in [-0.4, -0.2) is 21.7 Å². The molecule has 0 unspecified atom stereocenters. The van der Waals surface area contributed by atoms with Gasteiger partial charge in [0, 0.05) is 18.2 Å². The molecular formula is C15H15N3O. The van der Waals surface area contributed by atoms with Crippen molar-refractivity contribution in [2.24, 2.45) is 0 Å². The summed E-state index contributed by atoms with van der Waals surface area (Å²) in [6.07, 6.45) is 2.65. The molecule has 2 heterocycles. The van der Waals surface area contributed by atoms with Gasteiger partial charge in [0.2, 0.25) is 0 Å². The predicted octanol–water partition coefficient (Wildman–Crippen LogP) is 2.64. The maximum absolute atomic E-state index is 5.35. The Morgan fingerprint density at radius 1 is 1.16 bits per heavy atom. The molecule has 0 bridgehead atoms. The summed E-state index contributed by atoms with van der Waals surface area (Å²) in [6, 6.07) is 12.0. The lowest BCUT2D eigenvalue weighted by Gasteiger charge is -2.05. The van der Waals surface area contributed by atoms with Gasteiger partial charge in [-0.15, -0.1) is 0 Å². The number of aromatic nitrogens is 3. The third-order valence-electron chi connectivity index (χ3n) is 3.06. The molecule has 2 aromatic heterocycles. The molecule has 19 heavy (non-hydrogen) atoms. The minimum absolute atomic E-state index is 0.671. The van der Waals surface area contributed by atoms with Crippen LogP contribution in [0.1, 0.15) is 17.0 Å². The molecule has 4 nitrogen and oxygen atoms in total. The third-order valence-corrected chi connectivity index (χ3v) is 3.06. The first-order valence-corrected chi connectivity index (χ1v) is 6.20. The zero-order chi connectivity index (χ0) is 13.2. The molecule has 0 aliphatic heterocycles. The zero-order valence-corrected chi connectivity index (χ0v) is 11.0. The van der Waals surface area contributed by atoms with Crippen LogP contribution < -0.4 is 4.74 Å². The molecule has 0 saturated carbocycles. The largest absolute Gasteiger partial charge is 0.496 e. The average molecular weight is 253 g/mol. The van der Waals surface area contributed by atoms with E-state index in [1.807, 2.05) is 54.0 Å². The van der Waals surface area contributed by atoms with Crippen molar-refractivity contribution in [1.82, 2.24) is 14.6 Å². The van der Waals surface area contributed by atoms with Crippen LogP contribution in [0.2, 0.25) is 0 Å². The number of nitrogens with zero attached hydrogens (tertiary/aromatic N) is 3. The van der Waals surface area contributed by atoms with Crippen molar-refractivity contribution in [1.29, 1.82) is 0 Å². The summed E-state index contributed by atoms with van der Waals surface area (Å²) in [5, 5.41) is 4.49. The van der Waals surface area contributed by atoms with Crippen LogP contribution in [0, 0.1) is 6.92 Å². The van der Waals surface area contributed by atoms with Gasteiger partial charge in [-0.2, -0.15) is 5.10 Å². The quantitative estimate of drug-likeness (QED) is 0.720. The van der Waals surface area contributed by atoms with Crippen LogP contribution in [0.3, 0.4) is 0 Å². The topological polar surface area (TPSA) is 39.4 Å². The van der Waals surface area contributed by atoms with E-state index in [9.17, 15) is 0 Å². The Labute approximate surface area is 111 Å². The van der Waals surface area contributed by atoms with Crippen LogP contribution in [-0.2, 0) is 6.42 Å². The highest BCUT2D eigenvalue weighted by molar-refractivity contribution is 5.40. The van der Waals surface area contributed by atoms with E-state index in [4.69, 9.17) is 4.74 Å². The fourth-order valence-electron chi connectivity index (χ4n) is 2.13. The third kappa shape index (κ3) is 2.29. The van der Waals surface area contributed by atoms with Crippen molar-refractivity contribution in [3.05, 3.63) is 59.5 Å². The Kier molecular flexibility index (Phi) is 2.91. The Morgan fingerprint density at radius 2 is 2.00 bits per heavy atom. The first-order chi connectivity index (χ1) is 9.26. The van der Waals surface area contributed by atoms with Crippen LogP contribution >= 0.6 is 0 Å². The smallest absolute Gasteiger partial charge is 0.156 e. The number of hydrogen-bond donors (Lipinski definition) is 0. The molecule has 0 atom stereocenters. The molecular weight excluding hydrogens is 238 g/mol. The highest BCUT2D eigenvalue weighted by Gasteiger charge is 2.08. The number of rotatable bonds is 3. The molecule has 0 aliphatic carbocycles. The number of hydrogen-bond acceptors (Lipinski definition) is 3. The second-order valence-electron chi connectivity index (χ2n) is 4.53. The number of fused-ring (bicyclic) bond motifs is 1. The van der Waals surface area contributed by atoms with Crippen LogP contribution in [0.4, 0.5) is 0 Å². The normalized spacial score (nSPS) is 10.8. The van der Waals surface area contributed by atoms with Crippen LogP contribution in [0.15, 0.2) is 42.6 Å². The number of aryl methyl sites for hydroxylation is 1. The number of ether oxygens (including phenoxy) is 1. The molecule has 0 spiro atoms. The Balaban J connectivity index is 1.96. The number of methoxy groups -OCH3 is 1. The molecule has 1 aromatic carbocycles. The summed E-state index contributed by atoms with van der Waals surface area (Å²) in [7, 11) is 1.68. The van der Waals surface area contributed by atoms with Crippen molar-refractivity contribution in [2.45, 2.75) is 13.3 Å². The van der Waals surface area contributed by atoms with Gasteiger partial charge in [0.05, 0.1) is 7.11 Å². The van der Waals surface area contributed by atoms with E-state index in [-0.39, 0.29) is 0 Å². The first-order valence-electron chi connectivity index (χ1n) is 6.20. The number of benzene rings is 1. The van der Waals surface area contributed by atoms with E-state index < -0.39 is 0 Å². The summed E-state index contributed by atoms with van der Waals surface area (Å²) in [5.74, 6) is 1.67. The van der Waals surface area contributed by atoms with E-state index in [0.29, 0.717) is 6.42 Å². The van der Waals surface area contributed by atoms with Gasteiger partial charge in [-0.3, -0.25) is 0 Å². The molecule has 0 fully saturated rings. The summed E-state index contributed by atoms with van der Waals surface area (Å²) in [5.41, 5.74) is 3.13. The fraction of sp³-hybridized carbons (Fsp3) is 0.200. The van der Waals surface area contributed by atoms with E-state index >= 15 is 0 Å². The summed E-state index contributed by atoms with van der Waals surface area (Å²) in [4.78, 5) is 4.52. The van der Waals surface area contributed by atoms with E-state index in [1.54, 1.807) is 7.11 Å². The standard InChI is InChI=1S/C15H15N3O/c1-11-7-8-15-16-14(17-18(15)10-11)9-12-5-3-4-6-13(12)19-2/h3-8,10H,9H2,1-2H3. The number of para-hydroxylation sites is 1. The molecule has 0 amide bonds. The van der Waals surface area contributed by atoms with Crippen molar-refractivity contribution in [3.63, 3.8) is 0 Å². The molecule has 0 aliphatic rings. The van der Waals surface area contributed by atoms with Gasteiger partial charge in [0.15, 0.2) is 11.5 Å². The second-order valence-corrected chi connectivity index (χ2v) is 4.53. The van der Waals surface area contributed by atoms with Gasteiger partial charge in [-0.1, -0.05) is 24.3 Å². The summed E-state index contributed by atoms with van der Waals surface area (Å²) < 4.78 is 7.17. The molecule has 3 rings (SSSR count). The van der Waals surface area contributed by atoms with Crippen LogP contribution in [0.25, 0.3) is 5.65 Å². The lowest BCUT2D eigenvalue weighted by atomic mass is 10.1. The van der Waals surface area contributed by atoms with E-state index in [1.165, 1.54) is 5.56 Å². The highest BCUT2D eigenvalue weighted by atomic mass is 16.5. The van der Waals surface area contributed by atoms with Crippen molar-refractivity contribution >= 4 is 5.65 Å². The monoisotopic (exact) mass is 253 g/mol. The molecule has 0 radical (unpaired) electrons. The Hall–Kier alpha value is -2.36. The van der Waals surface area contributed by atoms with Crippen molar-refractivity contribution in [2.75, 3.05) is 7.11 Å². The van der Waals surface area contributed by atoms with Crippen molar-refractivity contribution in [3.8, 4) is 5.75 Å². The van der Waals surface area contributed by atoms with Gasteiger partial charge in [-0.05, 0) is 24.6 Å². The molecule has 96 valence electrons. The molecule has 0 saturated heterocycles. The fourth-order valence-corrected chi connectivity index (χ4v) is 2.13. The van der Waals surface area contributed by atoms with Crippen LogP contribution in [0.5, 0.6) is 5.75 Å². The lowest BCUT2D eigenvalue weighted by Crippen LogP contribution is -1.95. The Bertz CT molecular complexity index is 718. The number of pyridine rings is 1. The SMILES string of the molecule is COc1ccccc1Cc1nc2ccc(C)cn2n1. The minimum Gasteiger partial charge on any atom is -0.496 e. The first kappa shape index (κ1) is 11.7. The highest BCUT2D eigenvalue weighted by Crippen LogP contribution is 2.19. The van der Waals surface area contributed by atoms with Crippen molar-refractivity contribution < 1.29 is 4.74 Å². The summed E-state index contributed by atoms with van der Waals surface area (Å²) >= 11 is 0. The van der Waals surface area contributed by atoms with Gasteiger partial charge >= 0.3 is 0 Å². The minimum atomic E-state index is 0.671. The molecule has 0 N–H and O–H groups in total. The van der Waals surface area contributed by atoms with E-state index in [2.05, 4.69) is 10.1 Å². The van der Waals surface area contributed by atoms with Gasteiger partial charge in [0.25, 0.3) is 0 Å². The predicted molar refractivity (Wildman–Crippen MR) is 73.5 cm³/mol. The average Bonchev–Trinajstić information content (AvgIpc) is 2.80.